The smallest absolute Gasteiger partial charge is 0.219 e. The minimum Gasteiger partial charge on any atom is -0.340 e. The topological polar surface area (TPSA) is 23.6 Å². The van der Waals surface area contributed by atoms with Crippen molar-refractivity contribution in [3.63, 3.8) is 0 Å². The first-order valence-corrected chi connectivity index (χ1v) is 10.1. The summed E-state index contributed by atoms with van der Waals surface area (Å²) in [5, 5.41) is 0.772. The molecule has 0 N–H and O–H groups in total. The summed E-state index contributed by atoms with van der Waals surface area (Å²) in [5.41, 5.74) is 2.65. The number of rotatable bonds is 6. The van der Waals surface area contributed by atoms with Crippen LogP contribution in [0.25, 0.3) is 0 Å². The third kappa shape index (κ3) is 5.12. The Morgan fingerprint density at radius 1 is 1.11 bits per heavy atom. The van der Waals surface area contributed by atoms with E-state index >= 15 is 0 Å². The summed E-state index contributed by atoms with van der Waals surface area (Å²) in [6.07, 6.45) is 0. The highest BCUT2D eigenvalue weighted by molar-refractivity contribution is 6.30. The van der Waals surface area contributed by atoms with Crippen LogP contribution >= 0.6 is 11.6 Å². The molecule has 0 unspecified atom stereocenters. The monoisotopic (exact) mass is 384 g/mol. The molecule has 2 atom stereocenters. The lowest BCUT2D eigenvalue weighted by Crippen LogP contribution is -2.40. The van der Waals surface area contributed by atoms with Crippen molar-refractivity contribution in [2.24, 2.45) is 5.92 Å². The van der Waals surface area contributed by atoms with Gasteiger partial charge < -0.3 is 4.90 Å². The van der Waals surface area contributed by atoms with Crippen LogP contribution in [0.15, 0.2) is 54.6 Å². The quantitative estimate of drug-likeness (QED) is 0.713. The molecule has 0 aromatic heterocycles. The number of carbonyl (C=O) groups is 1. The van der Waals surface area contributed by atoms with Crippen molar-refractivity contribution in [2.45, 2.75) is 39.3 Å². The minimum atomic E-state index is 0.160. The fourth-order valence-electron chi connectivity index (χ4n) is 4.16. The maximum absolute atomic E-state index is 12.1. The van der Waals surface area contributed by atoms with Gasteiger partial charge in [0.15, 0.2) is 0 Å². The molecule has 0 saturated carbocycles. The Kier molecular flexibility index (Phi) is 6.56. The van der Waals surface area contributed by atoms with E-state index in [9.17, 15) is 4.79 Å². The van der Waals surface area contributed by atoms with Crippen LogP contribution in [-0.2, 0) is 11.3 Å². The van der Waals surface area contributed by atoms with Gasteiger partial charge in [-0.05, 0) is 43.0 Å². The van der Waals surface area contributed by atoms with Gasteiger partial charge in [-0.25, -0.2) is 0 Å². The lowest BCUT2D eigenvalue weighted by Gasteiger charge is -2.30. The average Bonchev–Trinajstić information content (AvgIpc) is 3.04. The molecule has 27 heavy (non-hydrogen) atoms. The Hall–Kier alpha value is -1.84. The van der Waals surface area contributed by atoms with E-state index in [1.807, 2.05) is 17.0 Å². The summed E-state index contributed by atoms with van der Waals surface area (Å²) >= 11 is 6.02. The van der Waals surface area contributed by atoms with Gasteiger partial charge >= 0.3 is 0 Å². The highest BCUT2D eigenvalue weighted by atomic mass is 35.5. The number of likely N-dealkylation sites (tertiary alicyclic amines) is 1. The zero-order valence-electron chi connectivity index (χ0n) is 16.4. The Morgan fingerprint density at radius 2 is 1.78 bits per heavy atom. The average molecular weight is 385 g/mol. The summed E-state index contributed by atoms with van der Waals surface area (Å²) in [4.78, 5) is 16.6. The van der Waals surface area contributed by atoms with E-state index < -0.39 is 0 Å². The summed E-state index contributed by atoms with van der Waals surface area (Å²) in [6, 6.07) is 19.1. The van der Waals surface area contributed by atoms with E-state index in [0.717, 1.165) is 31.2 Å². The van der Waals surface area contributed by atoms with Crippen LogP contribution in [0.3, 0.4) is 0 Å². The van der Waals surface area contributed by atoms with Gasteiger partial charge in [-0.15, -0.1) is 0 Å². The zero-order chi connectivity index (χ0) is 19.4. The van der Waals surface area contributed by atoms with Gasteiger partial charge in [-0.2, -0.15) is 0 Å². The molecule has 0 aliphatic carbocycles. The number of nitrogens with zero attached hydrogens (tertiary/aromatic N) is 2. The lowest BCUT2D eigenvalue weighted by molar-refractivity contribution is -0.131. The third-order valence-corrected chi connectivity index (χ3v) is 5.77. The normalized spacial score (nSPS) is 20.2. The molecule has 0 radical (unpaired) electrons. The van der Waals surface area contributed by atoms with Crippen molar-refractivity contribution in [3.8, 4) is 0 Å². The predicted octanol–water partition coefficient (Wildman–Crippen LogP) is 4.81. The molecule has 1 fully saturated rings. The van der Waals surface area contributed by atoms with Gasteiger partial charge in [-0.3, -0.25) is 9.69 Å². The molecule has 2 aromatic carbocycles. The van der Waals surface area contributed by atoms with Gasteiger partial charge in [0.1, 0.15) is 0 Å². The number of amides is 1. The SMILES string of the molecule is CC(=O)N(C[C@H]1CN(Cc2ccc(Cl)cc2)C[C@@H]1c1ccccc1)C(C)C. The van der Waals surface area contributed by atoms with E-state index in [1.165, 1.54) is 11.1 Å². The maximum atomic E-state index is 12.1. The maximum Gasteiger partial charge on any atom is 0.219 e. The van der Waals surface area contributed by atoms with Gasteiger partial charge in [0.25, 0.3) is 0 Å². The van der Waals surface area contributed by atoms with Crippen molar-refractivity contribution in [1.82, 2.24) is 9.80 Å². The van der Waals surface area contributed by atoms with E-state index in [0.29, 0.717) is 11.8 Å². The standard InChI is InChI=1S/C23H29ClN2O/c1-17(2)26(18(3)27)15-21-14-25(13-19-9-11-22(24)12-10-19)16-23(21)20-7-5-4-6-8-20/h4-12,17,21,23H,13-16H2,1-3H3/t21-,23-/m1/s1. The Morgan fingerprint density at radius 3 is 2.37 bits per heavy atom. The first-order chi connectivity index (χ1) is 12.9. The summed E-state index contributed by atoms with van der Waals surface area (Å²) < 4.78 is 0. The largest absolute Gasteiger partial charge is 0.340 e. The second-order valence-corrected chi connectivity index (χ2v) is 8.30. The molecular weight excluding hydrogens is 356 g/mol. The first-order valence-electron chi connectivity index (χ1n) is 9.73. The van der Waals surface area contributed by atoms with Crippen molar-refractivity contribution < 1.29 is 4.79 Å². The van der Waals surface area contributed by atoms with Gasteiger partial charge in [0.05, 0.1) is 0 Å². The molecule has 0 spiro atoms. The van der Waals surface area contributed by atoms with Crippen LogP contribution in [0.5, 0.6) is 0 Å². The second-order valence-electron chi connectivity index (χ2n) is 7.86. The molecule has 1 aliphatic heterocycles. The first kappa shape index (κ1) is 19.9. The molecule has 4 heteroatoms. The van der Waals surface area contributed by atoms with Crippen molar-refractivity contribution in [1.29, 1.82) is 0 Å². The molecule has 1 amide bonds. The predicted molar refractivity (Wildman–Crippen MR) is 112 cm³/mol. The Labute approximate surface area is 167 Å². The van der Waals surface area contributed by atoms with E-state index in [4.69, 9.17) is 11.6 Å². The highest BCUT2D eigenvalue weighted by Gasteiger charge is 2.35. The van der Waals surface area contributed by atoms with Crippen LogP contribution in [0.1, 0.15) is 37.8 Å². The van der Waals surface area contributed by atoms with Gasteiger partial charge in [-0.1, -0.05) is 54.1 Å². The van der Waals surface area contributed by atoms with Crippen LogP contribution in [0, 0.1) is 5.92 Å². The number of hydrogen-bond acceptors (Lipinski definition) is 2. The molecule has 2 aromatic rings. The lowest BCUT2D eigenvalue weighted by atomic mass is 9.88. The van der Waals surface area contributed by atoms with Crippen LogP contribution in [-0.4, -0.2) is 41.4 Å². The summed E-state index contributed by atoms with van der Waals surface area (Å²) in [7, 11) is 0. The molecular formula is C23H29ClN2O. The van der Waals surface area contributed by atoms with E-state index in [-0.39, 0.29) is 11.9 Å². The van der Waals surface area contributed by atoms with Crippen LogP contribution in [0.4, 0.5) is 0 Å². The zero-order valence-corrected chi connectivity index (χ0v) is 17.2. The summed E-state index contributed by atoms with van der Waals surface area (Å²) in [5.74, 6) is 1.04. The molecule has 3 nitrogen and oxygen atoms in total. The number of halogens is 1. The molecule has 1 aliphatic rings. The van der Waals surface area contributed by atoms with E-state index in [2.05, 4.69) is 61.2 Å². The van der Waals surface area contributed by atoms with Crippen LogP contribution in [0.2, 0.25) is 5.02 Å². The molecule has 1 heterocycles. The Balaban J connectivity index is 1.78. The minimum absolute atomic E-state index is 0.160. The fraction of sp³-hybridized carbons (Fsp3) is 0.435. The third-order valence-electron chi connectivity index (χ3n) is 5.52. The molecule has 1 saturated heterocycles. The summed E-state index contributed by atoms with van der Waals surface area (Å²) in [6.45, 7) is 9.61. The van der Waals surface area contributed by atoms with Gasteiger partial charge in [0, 0.05) is 50.1 Å². The van der Waals surface area contributed by atoms with Crippen LogP contribution < -0.4 is 0 Å². The second kappa shape index (κ2) is 8.90. The van der Waals surface area contributed by atoms with Crippen molar-refractivity contribution >= 4 is 17.5 Å². The number of benzene rings is 2. The van der Waals surface area contributed by atoms with Gasteiger partial charge in [0.2, 0.25) is 5.91 Å². The van der Waals surface area contributed by atoms with E-state index in [1.54, 1.807) is 6.92 Å². The Bertz CT molecular complexity index is 745. The fourth-order valence-corrected chi connectivity index (χ4v) is 4.28. The highest BCUT2D eigenvalue weighted by Crippen LogP contribution is 2.34. The molecule has 0 bridgehead atoms. The van der Waals surface area contributed by atoms with Crippen molar-refractivity contribution in [2.75, 3.05) is 19.6 Å². The number of carbonyl (C=O) groups excluding carboxylic acids is 1. The molecule has 3 rings (SSSR count). The number of hydrogen-bond donors (Lipinski definition) is 0. The van der Waals surface area contributed by atoms with Crippen molar-refractivity contribution in [3.05, 3.63) is 70.7 Å². The molecule has 144 valence electrons.